The third-order valence-corrected chi connectivity index (χ3v) is 6.11. The number of para-hydroxylation sites is 2. The molecule has 1 unspecified atom stereocenters. The van der Waals surface area contributed by atoms with Crippen molar-refractivity contribution in [2.45, 2.75) is 33.4 Å². The number of rotatable bonds is 6. The number of nitrogens with one attached hydrogen (secondary N) is 2. The van der Waals surface area contributed by atoms with E-state index >= 15 is 0 Å². The topological polar surface area (TPSA) is 76.0 Å². The van der Waals surface area contributed by atoms with Gasteiger partial charge >= 0.3 is 0 Å². The van der Waals surface area contributed by atoms with E-state index in [1.807, 2.05) is 67.8 Å². The van der Waals surface area contributed by atoms with Crippen molar-refractivity contribution in [2.24, 2.45) is 0 Å². The fourth-order valence-corrected chi connectivity index (χ4v) is 4.30. The maximum Gasteiger partial charge on any atom is 0.253 e. The van der Waals surface area contributed by atoms with E-state index in [0.29, 0.717) is 16.4 Å². The molecular formula is C26H24Cl2N4O2. The van der Waals surface area contributed by atoms with Crippen molar-refractivity contribution in [3.05, 3.63) is 93.2 Å². The van der Waals surface area contributed by atoms with Crippen LogP contribution >= 0.6 is 23.2 Å². The summed E-state index contributed by atoms with van der Waals surface area (Å²) < 4.78 is 1.82. The van der Waals surface area contributed by atoms with Crippen LogP contribution in [0.1, 0.15) is 40.3 Å². The van der Waals surface area contributed by atoms with Crippen molar-refractivity contribution >= 4 is 51.7 Å². The number of fused-ring (bicyclic) bond motifs is 1. The van der Waals surface area contributed by atoms with E-state index in [4.69, 9.17) is 28.2 Å². The van der Waals surface area contributed by atoms with Gasteiger partial charge in [0.05, 0.1) is 27.7 Å². The Morgan fingerprint density at radius 2 is 1.79 bits per heavy atom. The van der Waals surface area contributed by atoms with Crippen LogP contribution in [0.2, 0.25) is 10.0 Å². The molecule has 1 aromatic heterocycles. The average molecular weight is 495 g/mol. The van der Waals surface area contributed by atoms with Crippen LogP contribution in [0, 0.1) is 13.8 Å². The number of carbonyl (C=O) groups is 2. The van der Waals surface area contributed by atoms with Crippen LogP contribution in [-0.2, 0) is 11.3 Å². The molecule has 0 aliphatic carbocycles. The van der Waals surface area contributed by atoms with E-state index in [-0.39, 0.29) is 23.4 Å². The predicted molar refractivity (Wildman–Crippen MR) is 137 cm³/mol. The van der Waals surface area contributed by atoms with Crippen molar-refractivity contribution in [3.63, 3.8) is 0 Å². The molecular weight excluding hydrogens is 471 g/mol. The van der Waals surface area contributed by atoms with Gasteiger partial charge in [0.25, 0.3) is 5.91 Å². The Labute approximate surface area is 207 Å². The minimum atomic E-state index is -0.486. The number of hydrogen-bond acceptors (Lipinski definition) is 3. The molecule has 3 aromatic carbocycles. The normalized spacial score (nSPS) is 11.9. The summed E-state index contributed by atoms with van der Waals surface area (Å²) in [6.07, 6.45) is 0. The lowest BCUT2D eigenvalue weighted by molar-refractivity contribution is -0.116. The Bertz CT molecular complexity index is 1400. The van der Waals surface area contributed by atoms with Crippen LogP contribution < -0.4 is 10.6 Å². The van der Waals surface area contributed by atoms with Gasteiger partial charge in [0.15, 0.2) is 0 Å². The van der Waals surface area contributed by atoms with E-state index in [2.05, 4.69) is 10.6 Å². The summed E-state index contributed by atoms with van der Waals surface area (Å²) in [5.41, 5.74) is 4.67. The highest BCUT2D eigenvalue weighted by Gasteiger charge is 2.22. The molecule has 1 heterocycles. The second kappa shape index (κ2) is 9.87. The summed E-state index contributed by atoms with van der Waals surface area (Å²) in [7, 11) is 0. The van der Waals surface area contributed by atoms with Crippen LogP contribution in [0.25, 0.3) is 11.0 Å². The Balaban J connectivity index is 1.61. The SMILES string of the molecule is Cc1ccc(C)c(NC(=O)Cn2c(C(C)NC(=O)c3ccc(Cl)cc3Cl)nc3ccccc32)c1. The summed E-state index contributed by atoms with van der Waals surface area (Å²) in [6, 6.07) is 17.7. The molecule has 0 aliphatic rings. The molecule has 1 atom stereocenters. The zero-order valence-corrected chi connectivity index (χ0v) is 20.5. The zero-order chi connectivity index (χ0) is 24.4. The van der Waals surface area contributed by atoms with Crippen LogP contribution in [0.15, 0.2) is 60.7 Å². The molecule has 8 heteroatoms. The first-order valence-electron chi connectivity index (χ1n) is 10.8. The van der Waals surface area contributed by atoms with E-state index in [1.165, 1.54) is 6.07 Å². The Morgan fingerprint density at radius 3 is 2.56 bits per heavy atom. The fourth-order valence-electron chi connectivity index (χ4n) is 3.81. The van der Waals surface area contributed by atoms with Gasteiger partial charge in [0.2, 0.25) is 5.91 Å². The van der Waals surface area contributed by atoms with Gasteiger partial charge in [0, 0.05) is 10.7 Å². The highest BCUT2D eigenvalue weighted by Crippen LogP contribution is 2.24. The van der Waals surface area contributed by atoms with E-state index in [9.17, 15) is 9.59 Å². The molecule has 0 saturated carbocycles. The van der Waals surface area contributed by atoms with Gasteiger partial charge in [-0.3, -0.25) is 9.59 Å². The summed E-state index contributed by atoms with van der Waals surface area (Å²) in [5, 5.41) is 6.64. The predicted octanol–water partition coefficient (Wildman–Crippen LogP) is 6.09. The van der Waals surface area contributed by atoms with Crippen molar-refractivity contribution in [1.82, 2.24) is 14.9 Å². The summed E-state index contributed by atoms with van der Waals surface area (Å²) in [5.74, 6) is 0.0285. The van der Waals surface area contributed by atoms with Crippen molar-refractivity contribution in [2.75, 3.05) is 5.32 Å². The third-order valence-electron chi connectivity index (χ3n) is 5.56. The number of aromatic nitrogens is 2. The molecule has 34 heavy (non-hydrogen) atoms. The highest BCUT2D eigenvalue weighted by molar-refractivity contribution is 6.36. The van der Waals surface area contributed by atoms with E-state index < -0.39 is 6.04 Å². The van der Waals surface area contributed by atoms with Crippen LogP contribution in [0.4, 0.5) is 5.69 Å². The van der Waals surface area contributed by atoms with Crippen LogP contribution in [0.3, 0.4) is 0 Å². The van der Waals surface area contributed by atoms with Gasteiger partial charge in [-0.05, 0) is 68.3 Å². The average Bonchev–Trinajstić information content (AvgIpc) is 3.14. The zero-order valence-electron chi connectivity index (χ0n) is 19.0. The molecule has 174 valence electrons. The molecule has 0 spiro atoms. The van der Waals surface area contributed by atoms with Gasteiger partial charge in [-0.15, -0.1) is 0 Å². The number of halogens is 2. The lowest BCUT2D eigenvalue weighted by Crippen LogP contribution is -2.30. The molecule has 0 aliphatic heterocycles. The molecule has 4 rings (SSSR count). The van der Waals surface area contributed by atoms with Gasteiger partial charge in [-0.25, -0.2) is 4.98 Å². The van der Waals surface area contributed by atoms with Crippen LogP contribution in [0.5, 0.6) is 0 Å². The first-order chi connectivity index (χ1) is 16.2. The maximum atomic E-state index is 13.0. The first-order valence-corrected chi connectivity index (χ1v) is 11.6. The minimum absolute atomic E-state index is 0.0468. The number of anilines is 1. The Kier molecular flexibility index (Phi) is 6.91. The standard InChI is InChI=1S/C26H24Cl2N4O2/c1-15-8-9-16(2)22(12-15)30-24(33)14-32-23-7-5-4-6-21(23)31-25(32)17(3)29-26(34)19-11-10-18(27)13-20(19)28/h4-13,17H,14H2,1-3H3,(H,29,34)(H,30,33). The largest absolute Gasteiger partial charge is 0.342 e. The molecule has 0 saturated heterocycles. The summed E-state index contributed by atoms with van der Waals surface area (Å²) >= 11 is 12.1. The van der Waals surface area contributed by atoms with Crippen molar-refractivity contribution in [3.8, 4) is 0 Å². The van der Waals surface area contributed by atoms with Gasteiger partial charge in [-0.1, -0.05) is 47.5 Å². The maximum absolute atomic E-state index is 13.0. The number of hydrogen-bond donors (Lipinski definition) is 2. The smallest absolute Gasteiger partial charge is 0.253 e. The molecule has 6 nitrogen and oxygen atoms in total. The van der Waals surface area contributed by atoms with E-state index in [0.717, 1.165) is 27.8 Å². The van der Waals surface area contributed by atoms with Crippen molar-refractivity contribution in [1.29, 1.82) is 0 Å². The Morgan fingerprint density at radius 1 is 1.03 bits per heavy atom. The molecule has 4 aromatic rings. The summed E-state index contributed by atoms with van der Waals surface area (Å²) in [4.78, 5) is 30.6. The van der Waals surface area contributed by atoms with Gasteiger partial charge in [-0.2, -0.15) is 0 Å². The molecule has 0 fully saturated rings. The fraction of sp³-hybridized carbons (Fsp3) is 0.192. The molecule has 2 amide bonds. The van der Waals surface area contributed by atoms with Crippen molar-refractivity contribution < 1.29 is 9.59 Å². The quantitative estimate of drug-likeness (QED) is 0.340. The second-order valence-electron chi connectivity index (χ2n) is 8.23. The van der Waals surface area contributed by atoms with Crippen LogP contribution in [-0.4, -0.2) is 21.4 Å². The number of carbonyl (C=O) groups excluding carboxylic acids is 2. The minimum Gasteiger partial charge on any atom is -0.342 e. The second-order valence-corrected chi connectivity index (χ2v) is 9.07. The molecule has 0 radical (unpaired) electrons. The summed E-state index contributed by atoms with van der Waals surface area (Å²) in [6.45, 7) is 5.80. The van der Waals surface area contributed by atoms with E-state index in [1.54, 1.807) is 12.1 Å². The van der Waals surface area contributed by atoms with Gasteiger partial charge in [0.1, 0.15) is 12.4 Å². The molecule has 2 N–H and O–H groups in total. The number of nitrogens with zero attached hydrogens (tertiary/aromatic N) is 2. The monoisotopic (exact) mass is 494 g/mol. The molecule has 0 bridgehead atoms. The lowest BCUT2D eigenvalue weighted by atomic mass is 10.1. The number of amides is 2. The van der Waals surface area contributed by atoms with Gasteiger partial charge < -0.3 is 15.2 Å². The Hall–Kier alpha value is -3.35. The lowest BCUT2D eigenvalue weighted by Gasteiger charge is -2.17. The first kappa shape index (κ1) is 23.8. The number of imidazole rings is 1. The number of aryl methyl sites for hydroxylation is 2. The third kappa shape index (κ3) is 5.08. The number of benzene rings is 3. The highest BCUT2D eigenvalue weighted by atomic mass is 35.5.